The van der Waals surface area contributed by atoms with E-state index < -0.39 is 0 Å². The van der Waals surface area contributed by atoms with Gasteiger partial charge in [0.25, 0.3) is 0 Å². The van der Waals surface area contributed by atoms with E-state index in [2.05, 4.69) is 196 Å². The third kappa shape index (κ3) is 4.42. The second-order valence-corrected chi connectivity index (χ2v) is 18.7. The van der Waals surface area contributed by atoms with Crippen molar-refractivity contribution in [3.8, 4) is 33.4 Å². The van der Waals surface area contributed by atoms with Crippen LogP contribution in [0.5, 0.6) is 0 Å². The van der Waals surface area contributed by atoms with Crippen LogP contribution in [0.2, 0.25) is 0 Å². The van der Waals surface area contributed by atoms with Crippen LogP contribution < -0.4 is 4.90 Å². The Morgan fingerprint density at radius 2 is 0.983 bits per heavy atom. The minimum absolute atomic E-state index is 0.145. The zero-order valence-corrected chi connectivity index (χ0v) is 34.7. The fourth-order valence-corrected chi connectivity index (χ4v) is 12.1. The molecule has 0 saturated carbocycles. The molecular formula is C59H45N. The Labute approximate surface area is 351 Å². The SMILES string of the molecule is CC1(C)c2ccccc2-c2ccc(N(c3cc4c(cc3-c3cccc5c3CCC5)-c3ccccc3C4(C)C)c3ccc4cccc5c6cccc7cccc(c3c45)c76)cc21. The highest BCUT2D eigenvalue weighted by molar-refractivity contribution is 6.35. The molecule has 10 aromatic rings. The molecule has 0 aromatic heterocycles. The molecule has 0 unspecified atom stereocenters. The summed E-state index contributed by atoms with van der Waals surface area (Å²) in [6.07, 6.45) is 3.46. The van der Waals surface area contributed by atoms with Crippen molar-refractivity contribution in [2.24, 2.45) is 0 Å². The van der Waals surface area contributed by atoms with Crippen molar-refractivity contribution in [1.29, 1.82) is 0 Å². The molecule has 0 N–H and O–H groups in total. The van der Waals surface area contributed by atoms with Crippen molar-refractivity contribution >= 4 is 60.2 Å². The molecule has 0 spiro atoms. The van der Waals surface area contributed by atoms with E-state index in [0.29, 0.717) is 0 Å². The Kier molecular flexibility index (Phi) is 6.81. The lowest BCUT2D eigenvalue weighted by atomic mass is 9.81. The average Bonchev–Trinajstić information content (AvgIpc) is 3.92. The monoisotopic (exact) mass is 767 g/mol. The molecule has 0 fully saturated rings. The van der Waals surface area contributed by atoms with E-state index in [0.717, 1.165) is 12.8 Å². The van der Waals surface area contributed by atoms with Gasteiger partial charge < -0.3 is 4.90 Å². The number of fused-ring (bicyclic) bond motifs is 9. The van der Waals surface area contributed by atoms with Crippen molar-refractivity contribution in [3.05, 3.63) is 197 Å². The zero-order chi connectivity index (χ0) is 40.1. The van der Waals surface area contributed by atoms with Gasteiger partial charge in [-0.05, 0) is 148 Å². The Bertz CT molecular complexity index is 3460. The topological polar surface area (TPSA) is 3.24 Å². The summed E-state index contributed by atoms with van der Waals surface area (Å²) in [6.45, 7) is 9.65. The summed E-state index contributed by atoms with van der Waals surface area (Å²) in [5.74, 6) is 0. The third-order valence-electron chi connectivity index (χ3n) is 14.9. The van der Waals surface area contributed by atoms with Crippen LogP contribution in [0.3, 0.4) is 0 Å². The van der Waals surface area contributed by atoms with Gasteiger partial charge in [0, 0.05) is 27.5 Å². The van der Waals surface area contributed by atoms with Gasteiger partial charge in [0.1, 0.15) is 0 Å². The van der Waals surface area contributed by atoms with Crippen molar-refractivity contribution < 1.29 is 0 Å². The summed E-state index contributed by atoms with van der Waals surface area (Å²) in [5, 5.41) is 10.5. The van der Waals surface area contributed by atoms with E-state index in [9.17, 15) is 0 Å². The molecule has 0 atom stereocenters. The predicted octanol–water partition coefficient (Wildman–Crippen LogP) is 16.0. The normalized spacial score (nSPS) is 15.4. The van der Waals surface area contributed by atoms with E-state index >= 15 is 0 Å². The minimum atomic E-state index is -0.166. The first kappa shape index (κ1) is 34.2. The smallest absolute Gasteiger partial charge is 0.0547 e. The van der Waals surface area contributed by atoms with Gasteiger partial charge in [-0.1, -0.05) is 161 Å². The van der Waals surface area contributed by atoms with Crippen LogP contribution >= 0.6 is 0 Å². The molecule has 0 radical (unpaired) electrons. The molecule has 1 nitrogen and oxygen atoms in total. The van der Waals surface area contributed by atoms with Gasteiger partial charge in [-0.3, -0.25) is 0 Å². The Balaban J connectivity index is 1.20. The molecule has 13 rings (SSSR count). The van der Waals surface area contributed by atoms with Crippen LogP contribution in [-0.4, -0.2) is 0 Å². The number of rotatable bonds is 4. The number of benzene rings is 10. The highest BCUT2D eigenvalue weighted by atomic mass is 15.1. The van der Waals surface area contributed by atoms with Crippen LogP contribution in [0.15, 0.2) is 164 Å². The number of hydrogen-bond donors (Lipinski definition) is 0. The first-order valence-corrected chi connectivity index (χ1v) is 21.8. The highest BCUT2D eigenvalue weighted by Crippen LogP contribution is 2.57. The van der Waals surface area contributed by atoms with Crippen LogP contribution in [0.25, 0.3) is 76.5 Å². The zero-order valence-electron chi connectivity index (χ0n) is 34.7. The van der Waals surface area contributed by atoms with E-state index in [1.807, 2.05) is 0 Å². The van der Waals surface area contributed by atoms with E-state index in [4.69, 9.17) is 0 Å². The molecule has 0 heterocycles. The van der Waals surface area contributed by atoms with Gasteiger partial charge in [-0.2, -0.15) is 0 Å². The predicted molar refractivity (Wildman–Crippen MR) is 255 cm³/mol. The summed E-state index contributed by atoms with van der Waals surface area (Å²) in [7, 11) is 0. The Hall–Kier alpha value is -6.70. The number of hydrogen-bond acceptors (Lipinski definition) is 1. The summed E-state index contributed by atoms with van der Waals surface area (Å²) in [5.41, 5.74) is 20.0. The molecule has 0 amide bonds. The van der Waals surface area contributed by atoms with E-state index in [1.165, 1.54) is 133 Å². The maximum absolute atomic E-state index is 2.67. The molecule has 0 aliphatic heterocycles. The molecular weight excluding hydrogens is 723 g/mol. The Morgan fingerprint density at radius 3 is 1.73 bits per heavy atom. The van der Waals surface area contributed by atoms with E-state index in [-0.39, 0.29) is 10.8 Å². The standard InChI is InChI=1S/C59H45N/c1-58(2)49-26-7-5-19-41(49)43-30-29-38(32-51(43)58)60(53-31-28-37-18-12-24-45-44-23-11-16-36-17-13-25-46(55(36)44)57(53)56(37)45)54-34-52-47(42-20-6-8-27-50(42)59(52,3)4)33-48(54)40-22-10-15-35-14-9-21-39(35)40/h5-8,10-13,15-20,22-34H,9,14,21H2,1-4H3. The second kappa shape index (κ2) is 12.0. The molecule has 3 aliphatic rings. The summed E-state index contributed by atoms with van der Waals surface area (Å²) < 4.78 is 0. The van der Waals surface area contributed by atoms with Crippen LogP contribution in [0.1, 0.15) is 67.5 Å². The third-order valence-corrected chi connectivity index (χ3v) is 14.9. The lowest BCUT2D eigenvalue weighted by Gasteiger charge is -2.33. The highest BCUT2D eigenvalue weighted by Gasteiger charge is 2.39. The van der Waals surface area contributed by atoms with Crippen molar-refractivity contribution in [2.75, 3.05) is 4.90 Å². The average molecular weight is 768 g/mol. The fraction of sp³-hybridized carbons (Fsp3) is 0.153. The first-order valence-electron chi connectivity index (χ1n) is 21.8. The van der Waals surface area contributed by atoms with Crippen molar-refractivity contribution in [2.45, 2.75) is 57.8 Å². The molecule has 0 saturated heterocycles. The molecule has 286 valence electrons. The van der Waals surface area contributed by atoms with Gasteiger partial charge in [-0.15, -0.1) is 0 Å². The molecule has 1 heteroatoms. The fourth-order valence-electron chi connectivity index (χ4n) is 12.1. The van der Waals surface area contributed by atoms with Crippen molar-refractivity contribution in [1.82, 2.24) is 0 Å². The lowest BCUT2D eigenvalue weighted by molar-refractivity contribution is 0.660. The van der Waals surface area contributed by atoms with Gasteiger partial charge in [0.05, 0.1) is 11.4 Å². The molecule has 0 bridgehead atoms. The van der Waals surface area contributed by atoms with Gasteiger partial charge in [0.15, 0.2) is 0 Å². The first-order chi connectivity index (χ1) is 29.3. The van der Waals surface area contributed by atoms with Gasteiger partial charge in [0.2, 0.25) is 0 Å². The van der Waals surface area contributed by atoms with Crippen LogP contribution in [0, 0.1) is 0 Å². The number of anilines is 3. The number of nitrogens with zero attached hydrogens (tertiary/aromatic N) is 1. The number of aryl methyl sites for hydroxylation is 1. The summed E-state index contributed by atoms with van der Waals surface area (Å²) in [4.78, 5) is 2.67. The van der Waals surface area contributed by atoms with Crippen LogP contribution in [-0.2, 0) is 23.7 Å². The maximum Gasteiger partial charge on any atom is 0.0547 e. The lowest BCUT2D eigenvalue weighted by Crippen LogP contribution is -2.19. The maximum atomic E-state index is 2.67. The minimum Gasteiger partial charge on any atom is -0.309 e. The van der Waals surface area contributed by atoms with Crippen LogP contribution in [0.4, 0.5) is 17.1 Å². The second-order valence-electron chi connectivity index (χ2n) is 18.7. The van der Waals surface area contributed by atoms with Gasteiger partial charge in [-0.25, -0.2) is 0 Å². The largest absolute Gasteiger partial charge is 0.309 e. The molecule has 3 aliphatic carbocycles. The molecule has 10 aromatic carbocycles. The van der Waals surface area contributed by atoms with E-state index in [1.54, 1.807) is 0 Å². The summed E-state index contributed by atoms with van der Waals surface area (Å²) >= 11 is 0. The quantitative estimate of drug-likeness (QED) is 0.127. The van der Waals surface area contributed by atoms with Gasteiger partial charge >= 0.3 is 0 Å². The Morgan fingerprint density at radius 1 is 0.383 bits per heavy atom. The van der Waals surface area contributed by atoms with Crippen molar-refractivity contribution in [3.63, 3.8) is 0 Å². The molecule has 60 heavy (non-hydrogen) atoms. The summed E-state index contributed by atoms with van der Waals surface area (Å²) in [6, 6.07) is 63.1.